The van der Waals surface area contributed by atoms with Gasteiger partial charge in [0.2, 0.25) is 47.3 Å². The molecule has 0 radical (unpaired) electrons. The Labute approximate surface area is 493 Å². The Kier molecular flexibility index (Phi) is 31.0. The minimum absolute atomic E-state index is 0.0104. The van der Waals surface area contributed by atoms with Crippen LogP contribution in [0.25, 0.3) is 0 Å². The number of benzene rings is 1. The molecule has 0 heterocycles. The minimum atomic E-state index is -1.71. The number of phenols is 1. The predicted molar refractivity (Wildman–Crippen MR) is 308 cm³/mol. The third-order valence-corrected chi connectivity index (χ3v) is 15.3. The van der Waals surface area contributed by atoms with Gasteiger partial charge in [0.1, 0.15) is 66.4 Å². The molecule has 7 atom stereocenters. The van der Waals surface area contributed by atoms with Crippen LogP contribution in [0.15, 0.2) is 24.3 Å². The molecule has 0 aliphatic heterocycles. The van der Waals surface area contributed by atoms with Crippen molar-refractivity contribution in [2.24, 2.45) is 23.1 Å². The van der Waals surface area contributed by atoms with Crippen molar-refractivity contribution in [1.29, 1.82) is 0 Å². The van der Waals surface area contributed by atoms with Crippen molar-refractivity contribution in [2.45, 2.75) is 248 Å². The second-order valence-electron chi connectivity index (χ2n) is 22.8. The Bertz CT molecular complexity index is 2320. The van der Waals surface area contributed by atoms with Crippen molar-refractivity contribution in [2.75, 3.05) is 13.1 Å². The molecule has 3 fully saturated rings. The molecule has 3 aliphatic carbocycles. The number of unbranched alkanes of at least 4 members (excludes halogenated alkanes) is 2. The molecule has 25 heteroatoms. The molecule has 14 N–H and O–H groups in total. The van der Waals surface area contributed by atoms with Crippen LogP contribution in [0, 0.1) is 5.92 Å². The van der Waals surface area contributed by atoms with Gasteiger partial charge in [0.15, 0.2) is 0 Å². The number of nitrogens with two attached hydrogens (primary N) is 3. The number of hydrogen-bond acceptors (Lipinski definition) is 17. The maximum absolute atomic E-state index is 14.6. The van der Waals surface area contributed by atoms with E-state index in [1.54, 1.807) is 26.0 Å². The van der Waals surface area contributed by atoms with E-state index in [-0.39, 0.29) is 63.2 Å². The Hall–Kier alpha value is -6.89. The number of esters is 3. The Morgan fingerprint density at radius 1 is 0.476 bits per heavy atom. The monoisotopic (exact) mass is 1180 g/mol. The number of amides is 8. The molecular weight excluding hydrogens is 1090 g/mol. The van der Waals surface area contributed by atoms with Gasteiger partial charge in [0.05, 0.1) is 12.8 Å². The number of primary amides is 1. The molecule has 470 valence electrons. The van der Waals surface area contributed by atoms with Gasteiger partial charge in [-0.25, -0.2) is 0 Å². The highest BCUT2D eigenvalue weighted by Crippen LogP contribution is 2.24. The molecule has 0 saturated heterocycles. The molecule has 8 amide bonds. The molecule has 0 bridgehead atoms. The van der Waals surface area contributed by atoms with Gasteiger partial charge in [-0.2, -0.15) is 0 Å². The highest BCUT2D eigenvalue weighted by atomic mass is 16.6. The molecule has 3 saturated carbocycles. The van der Waals surface area contributed by atoms with Crippen LogP contribution in [-0.2, 0) is 73.4 Å². The van der Waals surface area contributed by atoms with E-state index in [2.05, 4.69) is 37.2 Å². The summed E-state index contributed by atoms with van der Waals surface area (Å²) in [5.41, 5.74) is 17.9. The summed E-state index contributed by atoms with van der Waals surface area (Å²) in [6.45, 7) is 4.84. The first-order valence-corrected chi connectivity index (χ1v) is 30.3. The second kappa shape index (κ2) is 37.4. The number of nitrogens with one attached hydrogen (secondary N) is 7. The molecule has 3 aliphatic rings. The van der Waals surface area contributed by atoms with Gasteiger partial charge < -0.3 is 73.7 Å². The highest BCUT2D eigenvalue weighted by molar-refractivity contribution is 5.99. The second-order valence-corrected chi connectivity index (χ2v) is 22.8. The third-order valence-electron chi connectivity index (χ3n) is 15.3. The number of rotatable bonds is 35. The van der Waals surface area contributed by atoms with Gasteiger partial charge in [-0.05, 0) is 159 Å². The number of ether oxygens (including phenoxy) is 3. The number of carbonyl (C=O) groups excluding carboxylic acids is 11. The Morgan fingerprint density at radius 3 is 1.25 bits per heavy atom. The van der Waals surface area contributed by atoms with Crippen LogP contribution in [0.2, 0.25) is 0 Å². The lowest BCUT2D eigenvalue weighted by Gasteiger charge is -2.29. The van der Waals surface area contributed by atoms with E-state index in [1.165, 1.54) is 12.1 Å². The Balaban J connectivity index is 1.60. The largest absolute Gasteiger partial charge is 0.508 e. The topological polar surface area (TPSA) is 398 Å². The van der Waals surface area contributed by atoms with Crippen molar-refractivity contribution in [1.82, 2.24) is 37.2 Å². The predicted octanol–water partition coefficient (Wildman–Crippen LogP) is 1.94. The first kappa shape index (κ1) is 69.6. The summed E-state index contributed by atoms with van der Waals surface area (Å²) in [5, 5.41) is 28.0. The number of aromatic hydroxyl groups is 1. The van der Waals surface area contributed by atoms with E-state index in [0.717, 1.165) is 64.7 Å². The van der Waals surface area contributed by atoms with E-state index < -0.39 is 132 Å². The fourth-order valence-electron chi connectivity index (χ4n) is 10.5. The average Bonchev–Trinajstić information content (AvgIpc) is 3.64. The van der Waals surface area contributed by atoms with Gasteiger partial charge in [-0.15, -0.1) is 0 Å². The molecule has 1 aromatic rings. The number of phenolic OH excluding ortho intramolecular Hbond substituents is 1. The van der Waals surface area contributed by atoms with E-state index in [4.69, 9.17) is 31.4 Å². The highest BCUT2D eigenvalue weighted by Gasteiger charge is 2.37. The average molecular weight is 1180 g/mol. The van der Waals surface area contributed by atoms with Crippen LogP contribution in [0.5, 0.6) is 5.75 Å². The zero-order valence-corrected chi connectivity index (χ0v) is 49.4. The fourth-order valence-corrected chi connectivity index (χ4v) is 10.5. The summed E-state index contributed by atoms with van der Waals surface area (Å²) in [6, 6.07) is -4.13. The zero-order chi connectivity index (χ0) is 61.6. The van der Waals surface area contributed by atoms with Crippen molar-refractivity contribution in [3.63, 3.8) is 0 Å². The maximum Gasteiger partial charge on any atom is 0.308 e. The summed E-state index contributed by atoms with van der Waals surface area (Å²) >= 11 is 0. The molecule has 1 aromatic carbocycles. The first-order valence-electron chi connectivity index (χ1n) is 30.3. The fraction of sp³-hybridized carbons (Fsp3) is 0.712. The number of hydrogen-bond donors (Lipinski definition) is 11. The minimum Gasteiger partial charge on any atom is -0.508 e. The van der Waals surface area contributed by atoms with Crippen molar-refractivity contribution in [3.05, 3.63) is 29.8 Å². The van der Waals surface area contributed by atoms with E-state index in [9.17, 15) is 57.8 Å². The van der Waals surface area contributed by atoms with Crippen molar-refractivity contribution < 1.29 is 72.1 Å². The van der Waals surface area contributed by atoms with Crippen LogP contribution < -0.4 is 54.4 Å². The Morgan fingerprint density at radius 2 is 0.845 bits per heavy atom. The molecule has 0 unspecified atom stereocenters. The summed E-state index contributed by atoms with van der Waals surface area (Å²) in [4.78, 5) is 151. The lowest BCUT2D eigenvalue weighted by atomic mass is 9.97. The van der Waals surface area contributed by atoms with Crippen LogP contribution in [-0.4, -0.2) is 144 Å². The van der Waals surface area contributed by atoms with Crippen LogP contribution in [0.1, 0.15) is 187 Å². The maximum atomic E-state index is 14.6. The molecule has 0 spiro atoms. The molecular formula is C59H94N10O15. The van der Waals surface area contributed by atoms with Crippen molar-refractivity contribution >= 4 is 65.2 Å². The smallest absolute Gasteiger partial charge is 0.308 e. The quantitative estimate of drug-likeness (QED) is 0.0263. The summed E-state index contributed by atoms with van der Waals surface area (Å²) in [7, 11) is 0. The van der Waals surface area contributed by atoms with E-state index >= 15 is 0 Å². The lowest BCUT2D eigenvalue weighted by Crippen LogP contribution is -2.61. The summed E-state index contributed by atoms with van der Waals surface area (Å²) < 4.78 is 17.1. The molecule has 4 rings (SSSR count). The van der Waals surface area contributed by atoms with Gasteiger partial charge in [-0.1, -0.05) is 45.2 Å². The van der Waals surface area contributed by atoms with Crippen LogP contribution >= 0.6 is 0 Å². The SMILES string of the molecule is CC(=O)N[C@@H](CC(=O)OC1CCCCC1)C(=O)N[C@@H](CCC(=O)OC1CCCCC1)C(=O)N[C@H](C(=O)N[C@@H](CC(=O)OC1CCCCC1)C(=O)N[C@@H](CCCCN)C(=O)N[C@@H](CCCCN)C(=O)N[C@@H](Cc1ccc(O)cc1)C(N)=O)C(C)C. The number of carbonyl (C=O) groups is 11. The van der Waals surface area contributed by atoms with E-state index in [1.807, 2.05) is 0 Å². The van der Waals surface area contributed by atoms with Gasteiger partial charge in [0.25, 0.3) is 0 Å². The molecule has 84 heavy (non-hydrogen) atoms. The van der Waals surface area contributed by atoms with Gasteiger partial charge in [0, 0.05) is 19.8 Å². The first-order chi connectivity index (χ1) is 40.1. The summed E-state index contributed by atoms with van der Waals surface area (Å²) in [6.07, 6.45) is 10.4. The van der Waals surface area contributed by atoms with Crippen LogP contribution in [0.4, 0.5) is 0 Å². The zero-order valence-electron chi connectivity index (χ0n) is 49.4. The standard InChI is InChI=1S/C59H94N10O15/c1-36(2)52(69-56(78)45(29-30-49(72)82-40-17-7-4-8-18-40)66-57(79)47(63-37(3)70)34-50(73)83-41-19-9-5-10-20-41)59(81)68-48(35-51(74)84-42-21-11-6-12-22-42)58(80)65-43(23-13-15-31-60)54(76)64-44(24-14-16-32-61)55(77)67-46(53(62)75)33-38-25-27-39(71)28-26-38/h25-28,36,40-48,52,71H,4-24,29-35,60-61H2,1-3H3,(H2,62,75)(H,63,70)(H,64,76)(H,65,80)(H,66,79)(H,67,77)(H,68,81)(H,69,78)/t43-,44-,45-,46-,47-,48-,52-/m0/s1. The lowest BCUT2D eigenvalue weighted by molar-refractivity contribution is -0.153. The van der Waals surface area contributed by atoms with Gasteiger partial charge >= 0.3 is 17.9 Å². The summed E-state index contributed by atoms with van der Waals surface area (Å²) in [5.74, 6) is -9.86. The van der Waals surface area contributed by atoms with E-state index in [0.29, 0.717) is 69.8 Å². The van der Waals surface area contributed by atoms with Gasteiger partial charge in [-0.3, -0.25) is 52.7 Å². The molecule has 0 aromatic heterocycles. The third kappa shape index (κ3) is 25.9. The van der Waals surface area contributed by atoms with Crippen LogP contribution in [0.3, 0.4) is 0 Å². The normalized spacial score (nSPS) is 17.5. The molecule has 25 nitrogen and oxygen atoms in total. The van der Waals surface area contributed by atoms with Crippen molar-refractivity contribution in [3.8, 4) is 5.75 Å².